The molecule has 4 aromatic rings. The first-order chi connectivity index (χ1) is 20.0. The Bertz CT molecular complexity index is 1630. The lowest BCUT2D eigenvalue weighted by Gasteiger charge is -2.37. The van der Waals surface area contributed by atoms with Gasteiger partial charge in [0.15, 0.2) is 11.5 Å². The zero-order valence-corrected chi connectivity index (χ0v) is 23.1. The molecule has 0 unspecified atom stereocenters. The normalized spacial score (nSPS) is 18.9. The molecule has 0 amide bonds. The van der Waals surface area contributed by atoms with Crippen LogP contribution in [0.4, 0.5) is 17.1 Å². The maximum Gasteiger partial charge on any atom is 0.269 e. The van der Waals surface area contributed by atoms with Crippen LogP contribution < -0.4 is 14.8 Å². The number of fused-ring (bicyclic) bond motifs is 3. The highest BCUT2D eigenvalue weighted by molar-refractivity contribution is 6.32. The molecule has 8 heteroatoms. The van der Waals surface area contributed by atoms with E-state index >= 15 is 0 Å². The van der Waals surface area contributed by atoms with Crippen LogP contribution in [0.25, 0.3) is 0 Å². The molecular weight excluding hydrogens is 538 g/mol. The first-order valence-electron chi connectivity index (χ1n) is 13.4. The predicted molar refractivity (Wildman–Crippen MR) is 162 cm³/mol. The minimum absolute atomic E-state index is 0.0267. The number of allylic oxidation sites excluding steroid dienone is 2. The molecule has 0 aromatic heterocycles. The van der Waals surface area contributed by atoms with Crippen LogP contribution in [-0.2, 0) is 6.61 Å². The largest absolute Gasteiger partial charge is 0.493 e. The number of nitrogens with one attached hydrogen (secondary N) is 1. The molecule has 0 fully saturated rings. The Labute approximate surface area is 243 Å². The molecule has 7 nitrogen and oxygen atoms in total. The summed E-state index contributed by atoms with van der Waals surface area (Å²) in [7, 11) is 1.55. The van der Waals surface area contributed by atoms with Gasteiger partial charge in [-0.15, -0.1) is 0 Å². The van der Waals surface area contributed by atoms with E-state index in [9.17, 15) is 10.1 Å². The van der Waals surface area contributed by atoms with Crippen molar-refractivity contribution in [2.45, 2.75) is 25.0 Å². The average Bonchev–Trinajstić information content (AvgIpc) is 3.50. The Morgan fingerprint density at radius 1 is 1.07 bits per heavy atom. The highest BCUT2D eigenvalue weighted by Crippen LogP contribution is 2.49. The molecule has 206 valence electrons. The van der Waals surface area contributed by atoms with Gasteiger partial charge in [0.25, 0.3) is 5.69 Å². The molecule has 41 heavy (non-hydrogen) atoms. The van der Waals surface area contributed by atoms with Gasteiger partial charge in [0, 0.05) is 30.0 Å². The van der Waals surface area contributed by atoms with Gasteiger partial charge in [-0.25, -0.2) is 0 Å². The van der Waals surface area contributed by atoms with Crippen LogP contribution in [0, 0.1) is 16.0 Å². The standard InChI is InChI=1S/C33H28ClN3O4/c1-40-31-18-22(17-29(34)33(31)41-20-21-9-15-25(16-10-21)37(38)39)19-35-24-13-11-23(12-14-24)32-28-7-4-6-26(28)27-5-2-3-8-30(27)36-32/h2-6,8-19,26,28,32,36H,7,20H2,1H3/t26-,28+,32-/m0/s1. The number of anilines is 1. The zero-order chi connectivity index (χ0) is 28.3. The number of ether oxygens (including phenoxy) is 2. The van der Waals surface area contributed by atoms with Gasteiger partial charge in [0.05, 0.1) is 28.8 Å². The van der Waals surface area contributed by atoms with Crippen LogP contribution in [0.15, 0.2) is 102 Å². The van der Waals surface area contributed by atoms with Crippen molar-refractivity contribution in [1.82, 2.24) is 0 Å². The Balaban J connectivity index is 1.15. The molecule has 1 aliphatic heterocycles. The number of halogens is 1. The van der Waals surface area contributed by atoms with Crippen molar-refractivity contribution in [2.24, 2.45) is 10.9 Å². The minimum Gasteiger partial charge on any atom is -0.493 e. The Morgan fingerprint density at radius 3 is 2.61 bits per heavy atom. The van der Waals surface area contributed by atoms with Crippen LogP contribution in [0.5, 0.6) is 11.5 Å². The van der Waals surface area contributed by atoms with Gasteiger partial charge in [-0.05, 0) is 77.1 Å². The number of nitro benzene ring substituents is 1. The molecule has 1 N–H and O–H groups in total. The predicted octanol–water partition coefficient (Wildman–Crippen LogP) is 8.41. The van der Waals surface area contributed by atoms with Gasteiger partial charge in [0.2, 0.25) is 0 Å². The summed E-state index contributed by atoms with van der Waals surface area (Å²) in [4.78, 5) is 15.1. The first kappa shape index (κ1) is 26.6. The smallest absolute Gasteiger partial charge is 0.269 e. The molecule has 4 aromatic carbocycles. The van der Waals surface area contributed by atoms with Gasteiger partial charge in [-0.3, -0.25) is 15.1 Å². The second-order valence-electron chi connectivity index (χ2n) is 10.2. The van der Waals surface area contributed by atoms with Crippen molar-refractivity contribution in [1.29, 1.82) is 0 Å². The van der Waals surface area contributed by atoms with Crippen LogP contribution >= 0.6 is 11.6 Å². The SMILES string of the molecule is COc1cc(C=Nc2ccc([C@@H]3Nc4ccccc4[C@@H]4C=CC[C@H]43)cc2)cc(Cl)c1OCc1ccc([N+](=O)[O-])cc1. The van der Waals surface area contributed by atoms with Crippen LogP contribution in [0.2, 0.25) is 5.02 Å². The topological polar surface area (TPSA) is 86.0 Å². The quantitative estimate of drug-likeness (QED) is 0.100. The lowest BCUT2D eigenvalue weighted by Crippen LogP contribution is -2.28. The monoisotopic (exact) mass is 565 g/mol. The lowest BCUT2D eigenvalue weighted by molar-refractivity contribution is -0.384. The number of nitro groups is 1. The van der Waals surface area contributed by atoms with E-state index in [1.807, 2.05) is 18.2 Å². The summed E-state index contributed by atoms with van der Waals surface area (Å²) in [6.07, 6.45) is 7.46. The summed E-state index contributed by atoms with van der Waals surface area (Å²) in [6.45, 7) is 0.187. The van der Waals surface area contributed by atoms with E-state index in [1.165, 1.54) is 28.9 Å². The lowest BCUT2D eigenvalue weighted by atomic mass is 9.77. The molecular formula is C33H28ClN3O4. The molecule has 3 atom stereocenters. The van der Waals surface area contributed by atoms with E-state index in [1.54, 1.807) is 31.5 Å². The van der Waals surface area contributed by atoms with Crippen LogP contribution in [-0.4, -0.2) is 18.2 Å². The summed E-state index contributed by atoms with van der Waals surface area (Å²) < 4.78 is 11.4. The van der Waals surface area contributed by atoms with Gasteiger partial charge in [-0.1, -0.05) is 54.1 Å². The van der Waals surface area contributed by atoms with E-state index in [0.717, 1.165) is 23.2 Å². The second kappa shape index (κ2) is 11.5. The molecule has 2 aliphatic rings. The number of benzene rings is 4. The first-order valence-corrected chi connectivity index (χ1v) is 13.8. The molecule has 0 radical (unpaired) electrons. The Kier molecular flexibility index (Phi) is 7.44. The summed E-state index contributed by atoms with van der Waals surface area (Å²) in [5.41, 5.74) is 6.23. The summed E-state index contributed by atoms with van der Waals surface area (Å²) >= 11 is 6.55. The highest BCUT2D eigenvalue weighted by Gasteiger charge is 2.37. The van der Waals surface area contributed by atoms with Crippen molar-refractivity contribution in [2.75, 3.05) is 12.4 Å². The molecule has 0 saturated heterocycles. The number of methoxy groups -OCH3 is 1. The van der Waals surface area contributed by atoms with E-state index in [0.29, 0.717) is 28.4 Å². The fourth-order valence-corrected chi connectivity index (χ4v) is 5.89. The second-order valence-corrected chi connectivity index (χ2v) is 10.6. The van der Waals surface area contributed by atoms with Crippen molar-refractivity contribution < 1.29 is 14.4 Å². The van der Waals surface area contributed by atoms with Crippen molar-refractivity contribution in [3.8, 4) is 11.5 Å². The molecule has 1 aliphatic carbocycles. The molecule has 0 bridgehead atoms. The van der Waals surface area contributed by atoms with Crippen molar-refractivity contribution in [3.63, 3.8) is 0 Å². The fourth-order valence-electron chi connectivity index (χ4n) is 5.61. The summed E-state index contributed by atoms with van der Waals surface area (Å²) in [5, 5.41) is 15.0. The summed E-state index contributed by atoms with van der Waals surface area (Å²) in [5.74, 6) is 1.81. The third kappa shape index (κ3) is 5.54. The average molecular weight is 566 g/mol. The van der Waals surface area contributed by atoms with E-state index in [-0.39, 0.29) is 18.3 Å². The molecule has 0 saturated carbocycles. The van der Waals surface area contributed by atoms with E-state index in [4.69, 9.17) is 21.1 Å². The number of hydrogen-bond acceptors (Lipinski definition) is 6. The number of non-ortho nitro benzene ring substituents is 1. The number of hydrogen-bond donors (Lipinski definition) is 1. The summed E-state index contributed by atoms with van der Waals surface area (Å²) in [6, 6.07) is 26.9. The molecule has 1 heterocycles. The van der Waals surface area contributed by atoms with Gasteiger partial charge < -0.3 is 14.8 Å². The number of rotatable bonds is 8. The third-order valence-electron chi connectivity index (χ3n) is 7.67. The fraction of sp³-hybridized carbons (Fsp3) is 0.182. The maximum atomic E-state index is 10.9. The van der Waals surface area contributed by atoms with Gasteiger partial charge in [-0.2, -0.15) is 0 Å². The van der Waals surface area contributed by atoms with E-state index < -0.39 is 4.92 Å². The van der Waals surface area contributed by atoms with Gasteiger partial charge in [0.1, 0.15) is 6.61 Å². The molecule has 6 rings (SSSR count). The van der Waals surface area contributed by atoms with Crippen LogP contribution in [0.1, 0.15) is 40.6 Å². The minimum atomic E-state index is -0.436. The Hall–Kier alpha value is -4.62. The maximum absolute atomic E-state index is 10.9. The number of aliphatic imine (C=N–C) groups is 1. The third-order valence-corrected chi connectivity index (χ3v) is 7.95. The van der Waals surface area contributed by atoms with E-state index in [2.05, 4.69) is 58.9 Å². The Morgan fingerprint density at radius 2 is 1.85 bits per heavy atom. The number of nitrogens with zero attached hydrogens (tertiary/aromatic N) is 2. The zero-order valence-electron chi connectivity index (χ0n) is 22.4. The van der Waals surface area contributed by atoms with Crippen molar-refractivity contribution >= 4 is 34.9 Å². The van der Waals surface area contributed by atoms with Crippen molar-refractivity contribution in [3.05, 3.63) is 134 Å². The molecule has 0 spiro atoms. The number of para-hydroxylation sites is 1. The van der Waals surface area contributed by atoms with Crippen LogP contribution in [0.3, 0.4) is 0 Å². The highest BCUT2D eigenvalue weighted by atomic mass is 35.5. The van der Waals surface area contributed by atoms with Gasteiger partial charge >= 0.3 is 0 Å².